The summed E-state index contributed by atoms with van der Waals surface area (Å²) in [5, 5.41) is 14.8. The van der Waals surface area contributed by atoms with E-state index in [1.807, 2.05) is 12.1 Å². The van der Waals surface area contributed by atoms with Crippen LogP contribution in [-0.2, 0) is 4.79 Å². The predicted octanol–water partition coefficient (Wildman–Crippen LogP) is 2.65. The molecule has 100 valence electrons. The van der Waals surface area contributed by atoms with Gasteiger partial charge in [-0.3, -0.25) is 4.79 Å². The van der Waals surface area contributed by atoms with Crippen LogP contribution in [0.5, 0.6) is 0 Å². The minimum atomic E-state index is -0.710. The zero-order valence-electron chi connectivity index (χ0n) is 10.4. The highest BCUT2D eigenvalue weighted by Gasteiger charge is 2.33. The van der Waals surface area contributed by atoms with E-state index in [1.54, 1.807) is 0 Å². The summed E-state index contributed by atoms with van der Waals surface area (Å²) in [5.41, 5.74) is 1.12. The van der Waals surface area contributed by atoms with Gasteiger partial charge >= 0.3 is 5.97 Å². The van der Waals surface area contributed by atoms with Crippen molar-refractivity contribution in [3.8, 4) is 0 Å². The van der Waals surface area contributed by atoms with Gasteiger partial charge in [0, 0.05) is 19.0 Å². The van der Waals surface area contributed by atoms with Crippen LogP contribution in [0.1, 0.15) is 11.5 Å². The Morgan fingerprint density at radius 3 is 2.58 bits per heavy atom. The van der Waals surface area contributed by atoms with E-state index in [2.05, 4.69) is 35.6 Å². The second kappa shape index (κ2) is 5.59. The first kappa shape index (κ1) is 13.8. The highest BCUT2D eigenvalue weighted by Crippen LogP contribution is 2.30. The van der Waals surface area contributed by atoms with Crippen LogP contribution in [0.25, 0.3) is 10.8 Å². The van der Waals surface area contributed by atoms with Crippen molar-refractivity contribution in [1.82, 2.24) is 5.32 Å². The van der Waals surface area contributed by atoms with Crippen LogP contribution in [0, 0.1) is 5.92 Å². The van der Waals surface area contributed by atoms with Crippen molar-refractivity contribution in [2.45, 2.75) is 5.92 Å². The number of nitrogens with one attached hydrogen (secondary N) is 1. The van der Waals surface area contributed by atoms with E-state index in [4.69, 9.17) is 0 Å². The number of halogens is 1. The molecule has 4 heteroatoms. The van der Waals surface area contributed by atoms with Gasteiger partial charge in [0.05, 0.1) is 5.92 Å². The molecule has 0 radical (unpaired) electrons. The second-order valence-corrected chi connectivity index (χ2v) is 4.82. The second-order valence-electron chi connectivity index (χ2n) is 4.82. The summed E-state index contributed by atoms with van der Waals surface area (Å²) in [6.07, 6.45) is 0. The van der Waals surface area contributed by atoms with Gasteiger partial charge < -0.3 is 10.4 Å². The summed E-state index contributed by atoms with van der Waals surface area (Å²) in [7, 11) is 0. The average Bonchev–Trinajstić information content (AvgIpc) is 2.87. The number of carbonyl (C=O) groups is 1. The number of hydrogen-bond acceptors (Lipinski definition) is 2. The molecule has 2 aromatic carbocycles. The number of aliphatic carboxylic acids is 1. The van der Waals surface area contributed by atoms with E-state index in [9.17, 15) is 9.90 Å². The number of benzene rings is 2. The molecule has 1 fully saturated rings. The highest BCUT2D eigenvalue weighted by atomic mass is 35.5. The van der Waals surface area contributed by atoms with Gasteiger partial charge in [-0.25, -0.2) is 0 Å². The Bertz CT molecular complexity index is 599. The maximum atomic E-state index is 11.2. The zero-order chi connectivity index (χ0) is 12.5. The lowest BCUT2D eigenvalue weighted by molar-refractivity contribution is -0.141. The van der Waals surface area contributed by atoms with E-state index in [-0.39, 0.29) is 24.2 Å². The number of hydrogen-bond donors (Lipinski definition) is 2. The third-order valence-electron chi connectivity index (χ3n) is 3.73. The van der Waals surface area contributed by atoms with Gasteiger partial charge in [-0.05, 0) is 16.3 Å². The van der Waals surface area contributed by atoms with Crippen molar-refractivity contribution in [3.63, 3.8) is 0 Å². The lowest BCUT2D eigenvalue weighted by Gasteiger charge is -2.15. The normalized spacial score (nSPS) is 22.1. The molecule has 0 aliphatic carbocycles. The van der Waals surface area contributed by atoms with E-state index < -0.39 is 5.97 Å². The number of carboxylic acid groups (broad SMARTS) is 1. The third-order valence-corrected chi connectivity index (χ3v) is 3.73. The fourth-order valence-electron chi connectivity index (χ4n) is 2.73. The Labute approximate surface area is 118 Å². The Morgan fingerprint density at radius 1 is 1.11 bits per heavy atom. The van der Waals surface area contributed by atoms with Crippen LogP contribution in [0.3, 0.4) is 0 Å². The predicted molar refractivity (Wildman–Crippen MR) is 77.9 cm³/mol. The summed E-state index contributed by atoms with van der Waals surface area (Å²) < 4.78 is 0. The van der Waals surface area contributed by atoms with Crippen molar-refractivity contribution in [2.24, 2.45) is 5.92 Å². The van der Waals surface area contributed by atoms with Gasteiger partial charge in [0.25, 0.3) is 0 Å². The molecule has 1 aliphatic heterocycles. The fourth-order valence-corrected chi connectivity index (χ4v) is 2.73. The van der Waals surface area contributed by atoms with Crippen molar-refractivity contribution >= 4 is 29.1 Å². The van der Waals surface area contributed by atoms with Crippen molar-refractivity contribution in [3.05, 3.63) is 48.0 Å². The summed E-state index contributed by atoms with van der Waals surface area (Å²) >= 11 is 0. The molecule has 0 spiro atoms. The van der Waals surface area contributed by atoms with Crippen molar-refractivity contribution in [1.29, 1.82) is 0 Å². The van der Waals surface area contributed by atoms with Crippen LogP contribution in [0.2, 0.25) is 0 Å². The lowest BCUT2D eigenvalue weighted by atomic mass is 9.88. The molecule has 0 bridgehead atoms. The highest BCUT2D eigenvalue weighted by molar-refractivity contribution is 5.85. The van der Waals surface area contributed by atoms with Gasteiger partial charge in [-0.15, -0.1) is 12.4 Å². The minimum absolute atomic E-state index is 0. The van der Waals surface area contributed by atoms with E-state index >= 15 is 0 Å². The molecule has 3 nitrogen and oxygen atoms in total. The quantitative estimate of drug-likeness (QED) is 0.887. The Kier molecular flexibility index (Phi) is 4.08. The SMILES string of the molecule is Cl.O=C(O)[C@@H]1CNC[C@H]1c1ccc2ccccc2c1. The summed E-state index contributed by atoms with van der Waals surface area (Å²) in [5.74, 6) is -0.948. The Balaban J connectivity index is 0.00000133. The van der Waals surface area contributed by atoms with Gasteiger partial charge in [-0.1, -0.05) is 42.5 Å². The van der Waals surface area contributed by atoms with Gasteiger partial charge in [0.2, 0.25) is 0 Å². The van der Waals surface area contributed by atoms with Crippen LogP contribution in [-0.4, -0.2) is 24.2 Å². The molecule has 0 aromatic heterocycles. The fraction of sp³-hybridized carbons (Fsp3) is 0.267. The maximum Gasteiger partial charge on any atom is 0.308 e. The summed E-state index contributed by atoms with van der Waals surface area (Å²) in [6.45, 7) is 1.31. The first-order valence-electron chi connectivity index (χ1n) is 6.18. The van der Waals surface area contributed by atoms with E-state index in [0.717, 1.165) is 12.1 Å². The van der Waals surface area contributed by atoms with Crippen molar-refractivity contribution in [2.75, 3.05) is 13.1 Å². The van der Waals surface area contributed by atoms with Gasteiger partial charge in [0.1, 0.15) is 0 Å². The Morgan fingerprint density at radius 2 is 1.84 bits per heavy atom. The van der Waals surface area contributed by atoms with E-state index in [0.29, 0.717) is 6.54 Å². The maximum absolute atomic E-state index is 11.2. The molecule has 2 atom stereocenters. The molecular formula is C15H16ClNO2. The van der Waals surface area contributed by atoms with Gasteiger partial charge in [0.15, 0.2) is 0 Å². The van der Waals surface area contributed by atoms with Crippen molar-refractivity contribution < 1.29 is 9.90 Å². The number of rotatable bonds is 2. The molecule has 3 rings (SSSR count). The lowest BCUT2D eigenvalue weighted by Crippen LogP contribution is -2.20. The van der Waals surface area contributed by atoms with Crippen LogP contribution in [0.15, 0.2) is 42.5 Å². The molecule has 1 heterocycles. The van der Waals surface area contributed by atoms with Gasteiger partial charge in [-0.2, -0.15) is 0 Å². The average molecular weight is 278 g/mol. The van der Waals surface area contributed by atoms with Crippen LogP contribution >= 0.6 is 12.4 Å². The molecule has 2 aromatic rings. The molecular weight excluding hydrogens is 262 g/mol. The molecule has 2 N–H and O–H groups in total. The Hall–Kier alpha value is -1.58. The van der Waals surface area contributed by atoms with E-state index in [1.165, 1.54) is 10.8 Å². The summed E-state index contributed by atoms with van der Waals surface area (Å²) in [6, 6.07) is 14.4. The molecule has 1 aliphatic rings. The smallest absolute Gasteiger partial charge is 0.308 e. The first-order valence-corrected chi connectivity index (χ1v) is 6.18. The third kappa shape index (κ3) is 2.57. The molecule has 0 saturated carbocycles. The molecule has 0 unspecified atom stereocenters. The standard InChI is InChI=1S/C15H15NO2.ClH/c17-15(18)14-9-16-8-13(14)12-6-5-10-3-1-2-4-11(10)7-12;/h1-7,13-14,16H,8-9H2,(H,17,18);1H/t13-,14+;/m0./s1. The monoisotopic (exact) mass is 277 g/mol. The molecule has 1 saturated heterocycles. The largest absolute Gasteiger partial charge is 0.481 e. The molecule has 0 amide bonds. The summed E-state index contributed by atoms with van der Waals surface area (Å²) in [4.78, 5) is 11.2. The number of carboxylic acids is 1. The zero-order valence-corrected chi connectivity index (χ0v) is 11.2. The molecule has 19 heavy (non-hydrogen) atoms. The van der Waals surface area contributed by atoms with Crippen LogP contribution < -0.4 is 5.32 Å². The minimum Gasteiger partial charge on any atom is -0.481 e. The first-order chi connectivity index (χ1) is 8.75. The number of fused-ring (bicyclic) bond motifs is 1. The topological polar surface area (TPSA) is 49.3 Å². The van der Waals surface area contributed by atoms with Crippen LogP contribution in [0.4, 0.5) is 0 Å².